The van der Waals surface area contributed by atoms with Crippen molar-refractivity contribution >= 4 is 88.7 Å². The molecule has 3 aromatic carbocycles. The smallest absolute Gasteiger partial charge is 0.322 e. The molecule has 0 radical (unpaired) electrons. The van der Waals surface area contributed by atoms with Crippen LogP contribution in [0.25, 0.3) is 0 Å². The summed E-state index contributed by atoms with van der Waals surface area (Å²) >= 11 is 1.48. The molecule has 534 valence electrons. The normalized spacial score (nSPS) is 14.6. The summed E-state index contributed by atoms with van der Waals surface area (Å²) in [4.78, 5) is 178. The number of amides is 11. The molecule has 11 amide bonds. The van der Waals surface area contributed by atoms with Gasteiger partial charge in [-0.25, -0.2) is 0 Å². The first-order valence-electron chi connectivity index (χ1n) is 32.5. The average molecular weight is 1370 g/mol. The number of aliphatic carboxylic acids is 2. The number of hydrogen-bond donors (Lipinski definition) is 15. The number of nitrogens with one attached hydrogen (secondary N) is 11. The maximum Gasteiger partial charge on any atom is 0.322 e. The summed E-state index contributed by atoms with van der Waals surface area (Å²) < 4.78 is 0. The van der Waals surface area contributed by atoms with E-state index in [4.69, 9.17) is 10.8 Å². The van der Waals surface area contributed by atoms with Gasteiger partial charge in [0.25, 0.3) is 0 Å². The first-order chi connectivity index (χ1) is 45.8. The highest BCUT2D eigenvalue weighted by Gasteiger charge is 2.38. The van der Waals surface area contributed by atoms with Gasteiger partial charge in [-0.2, -0.15) is 11.8 Å². The molecule has 0 bridgehead atoms. The first-order valence-corrected chi connectivity index (χ1v) is 33.9. The zero-order valence-corrected chi connectivity index (χ0v) is 57.8. The Morgan fingerprint density at radius 2 is 0.722 bits per heavy atom. The van der Waals surface area contributed by atoms with Crippen molar-refractivity contribution in [2.75, 3.05) is 25.2 Å². The molecule has 0 saturated carbocycles. The zero-order valence-electron chi connectivity index (χ0n) is 56.9. The Hall–Kier alpha value is -8.96. The van der Waals surface area contributed by atoms with E-state index in [0.29, 0.717) is 28.9 Å². The Bertz CT molecular complexity index is 3090. The zero-order chi connectivity index (χ0) is 72.5. The number of carbonyl (C=O) groups excluding carboxylic acids is 11. The van der Waals surface area contributed by atoms with Crippen LogP contribution in [0.2, 0.25) is 0 Å². The largest absolute Gasteiger partial charge is 0.481 e. The molecule has 0 aliphatic heterocycles. The maximum absolute atomic E-state index is 14.7. The maximum atomic E-state index is 14.7. The Kier molecular flexibility index (Phi) is 36.1. The van der Waals surface area contributed by atoms with Crippen molar-refractivity contribution in [2.24, 2.45) is 29.4 Å². The van der Waals surface area contributed by atoms with Crippen LogP contribution in [-0.2, 0) is 81.6 Å². The molecule has 0 heterocycles. The lowest BCUT2D eigenvalue weighted by molar-refractivity contribution is -0.139. The second-order valence-electron chi connectivity index (χ2n) is 25.5. The molecular formula is C68H100N12O16S. The van der Waals surface area contributed by atoms with Crippen molar-refractivity contribution in [3.05, 3.63) is 108 Å². The number of carbonyl (C=O) groups is 13. The van der Waals surface area contributed by atoms with E-state index in [-0.39, 0.29) is 56.3 Å². The molecule has 28 nitrogen and oxygen atoms in total. The van der Waals surface area contributed by atoms with E-state index in [2.05, 4.69) is 58.5 Å². The molecule has 0 fully saturated rings. The van der Waals surface area contributed by atoms with Crippen LogP contribution in [0.4, 0.5) is 0 Å². The molecule has 16 N–H and O–H groups in total. The lowest BCUT2D eigenvalue weighted by Crippen LogP contribution is -2.62. The van der Waals surface area contributed by atoms with Crippen LogP contribution in [0.1, 0.15) is 118 Å². The van der Waals surface area contributed by atoms with Crippen molar-refractivity contribution in [3.8, 4) is 0 Å². The van der Waals surface area contributed by atoms with Crippen molar-refractivity contribution in [1.82, 2.24) is 58.5 Å². The monoisotopic (exact) mass is 1370 g/mol. The van der Waals surface area contributed by atoms with Crippen molar-refractivity contribution in [1.29, 1.82) is 0 Å². The molecule has 3 rings (SSSR count). The van der Waals surface area contributed by atoms with Crippen LogP contribution in [0.5, 0.6) is 0 Å². The van der Waals surface area contributed by atoms with E-state index in [1.165, 1.54) is 18.7 Å². The molecule has 97 heavy (non-hydrogen) atoms. The fraction of sp³-hybridized carbons (Fsp3) is 0.544. The fourth-order valence-corrected chi connectivity index (χ4v) is 10.5. The summed E-state index contributed by atoms with van der Waals surface area (Å²) in [6.45, 7) is 13.5. The quantitative estimate of drug-likeness (QED) is 0.0367. The summed E-state index contributed by atoms with van der Waals surface area (Å²) in [5, 5.41) is 57.7. The third kappa shape index (κ3) is 30.8. The van der Waals surface area contributed by atoms with Gasteiger partial charge in [-0.15, -0.1) is 0 Å². The average Bonchev–Trinajstić information content (AvgIpc) is 0.969. The topological polar surface area (TPSA) is 441 Å². The van der Waals surface area contributed by atoms with Crippen LogP contribution in [-0.4, -0.2) is 184 Å². The molecule has 11 atom stereocenters. The highest BCUT2D eigenvalue weighted by Crippen LogP contribution is 2.15. The number of thioether (sulfide) groups is 1. The standard InChI is InChI=1S/C68H100N12O16S/c1-38(2)30-48(75-67(95)54(37-81)79-66(94)52(34-44-22-16-12-17-23-44)73-59(87)46(69)28-29-97-10)62(90)72-47(26-27-55(82)83)60(88)80-57(41(7)8)68(96)78-50(32-40(5)6)64(92)77-53(35-45-24-18-13-19-25-45)65(93)74-49(31-39(3)4)63(91)76-51(33-43-20-14-11-15-21-43)61(89)71-42(9)58(86)70-36-56(84)85/h11-25,38-42,46-54,57,81H,26-37,69H2,1-10H3,(H,70,86)(H,71,89)(H,72,90)(H,73,87)(H,74,93)(H,75,95)(H,76,91)(H,77,92)(H,78,96)(H,79,94)(H,80,88)(H,82,83)(H,84,85)/t42-,46-,47-,48-,49-,50-,51-,52-,53-,54-,57-/m0/s1. The number of carboxylic acid groups (broad SMARTS) is 2. The van der Waals surface area contributed by atoms with Crippen LogP contribution >= 0.6 is 11.8 Å². The van der Waals surface area contributed by atoms with E-state index < -0.39 is 175 Å². The third-order valence-corrected chi connectivity index (χ3v) is 15.9. The predicted molar refractivity (Wildman–Crippen MR) is 364 cm³/mol. The van der Waals surface area contributed by atoms with Crippen molar-refractivity contribution < 1.29 is 77.6 Å². The number of hydrogen-bond acceptors (Lipinski definition) is 16. The minimum atomic E-state index is -1.66. The van der Waals surface area contributed by atoms with E-state index in [1.807, 2.05) is 6.26 Å². The number of aliphatic hydroxyl groups excluding tert-OH is 1. The number of benzene rings is 3. The Morgan fingerprint density at radius 3 is 1.08 bits per heavy atom. The molecular weight excluding hydrogens is 1270 g/mol. The van der Waals surface area contributed by atoms with Gasteiger partial charge in [0.15, 0.2) is 0 Å². The fourth-order valence-electron chi connectivity index (χ4n) is 10.1. The van der Waals surface area contributed by atoms with Gasteiger partial charge in [0.05, 0.1) is 12.6 Å². The molecule has 29 heteroatoms. The second kappa shape index (κ2) is 42.6. The lowest BCUT2D eigenvalue weighted by Gasteiger charge is -2.30. The SMILES string of the molecule is CSCC[C@H](N)C(=O)N[C@@H](Cc1ccccc1)C(=O)N[C@@H](CO)C(=O)N[C@@H](CC(C)C)C(=O)N[C@@H](CCC(=O)O)C(=O)N[C@H](C(=O)N[C@@H](CC(C)C)C(=O)N[C@@H](Cc1ccccc1)C(=O)N[C@@H](CC(C)C)C(=O)N[C@@H](Cc1ccccc1)C(=O)N[C@@H](C)C(=O)NCC(=O)O)C(C)C. The van der Waals surface area contributed by atoms with Crippen molar-refractivity contribution in [2.45, 2.75) is 187 Å². The van der Waals surface area contributed by atoms with Gasteiger partial charge in [-0.1, -0.05) is 146 Å². The molecule has 0 saturated heterocycles. The lowest BCUT2D eigenvalue weighted by atomic mass is 9.98. The Labute approximate surface area is 571 Å². The minimum Gasteiger partial charge on any atom is -0.481 e. The molecule has 3 aromatic rings. The highest BCUT2D eigenvalue weighted by atomic mass is 32.2. The van der Waals surface area contributed by atoms with Gasteiger partial charge >= 0.3 is 11.9 Å². The summed E-state index contributed by atoms with van der Waals surface area (Å²) in [5.41, 5.74) is 7.99. The van der Waals surface area contributed by atoms with Gasteiger partial charge in [-0.3, -0.25) is 62.3 Å². The molecule has 0 aromatic heterocycles. The number of rotatable bonds is 43. The Balaban J connectivity index is 1.91. The van der Waals surface area contributed by atoms with Gasteiger partial charge in [0, 0.05) is 25.7 Å². The summed E-state index contributed by atoms with van der Waals surface area (Å²) in [6, 6.07) is 11.0. The van der Waals surface area contributed by atoms with E-state index in [1.54, 1.807) is 146 Å². The van der Waals surface area contributed by atoms with E-state index >= 15 is 0 Å². The first kappa shape index (κ1) is 82.3. The molecule has 0 spiro atoms. The second-order valence-corrected chi connectivity index (χ2v) is 26.5. The van der Waals surface area contributed by atoms with E-state index in [9.17, 15) is 72.5 Å². The molecule has 0 unspecified atom stereocenters. The Morgan fingerprint density at radius 1 is 0.392 bits per heavy atom. The van der Waals surface area contributed by atoms with Crippen LogP contribution < -0.4 is 64.2 Å². The molecule has 0 aliphatic rings. The molecule has 0 aliphatic carbocycles. The van der Waals surface area contributed by atoms with Gasteiger partial charge in [-0.05, 0) is 91.4 Å². The van der Waals surface area contributed by atoms with Crippen LogP contribution in [0, 0.1) is 23.7 Å². The van der Waals surface area contributed by atoms with Gasteiger partial charge < -0.3 is 79.5 Å². The van der Waals surface area contributed by atoms with Crippen LogP contribution in [0.15, 0.2) is 91.0 Å². The van der Waals surface area contributed by atoms with Crippen molar-refractivity contribution in [3.63, 3.8) is 0 Å². The third-order valence-electron chi connectivity index (χ3n) is 15.2. The summed E-state index contributed by atoms with van der Waals surface area (Å²) in [5.74, 6) is -12.9. The predicted octanol–water partition coefficient (Wildman–Crippen LogP) is 0.515. The van der Waals surface area contributed by atoms with Gasteiger partial charge in [0.1, 0.15) is 67.0 Å². The summed E-state index contributed by atoms with van der Waals surface area (Å²) in [6.07, 6.45) is 0.805. The van der Waals surface area contributed by atoms with Crippen LogP contribution in [0.3, 0.4) is 0 Å². The number of aliphatic hydroxyl groups is 1. The minimum absolute atomic E-state index is 0.00179. The van der Waals surface area contributed by atoms with Gasteiger partial charge in [0.2, 0.25) is 65.0 Å². The summed E-state index contributed by atoms with van der Waals surface area (Å²) in [7, 11) is 0. The number of nitrogens with two attached hydrogens (primary N) is 1. The highest BCUT2D eigenvalue weighted by molar-refractivity contribution is 7.98. The van der Waals surface area contributed by atoms with E-state index in [0.717, 1.165) is 0 Å². The number of carboxylic acids is 2.